The van der Waals surface area contributed by atoms with Crippen molar-refractivity contribution >= 4 is 5.78 Å². The summed E-state index contributed by atoms with van der Waals surface area (Å²) < 4.78 is 0. The van der Waals surface area contributed by atoms with Crippen LogP contribution >= 0.6 is 0 Å². The number of pyridine rings is 2. The summed E-state index contributed by atoms with van der Waals surface area (Å²) in [6.45, 7) is 0. The van der Waals surface area contributed by atoms with Gasteiger partial charge in [0.15, 0.2) is 5.78 Å². The van der Waals surface area contributed by atoms with Crippen LogP contribution < -0.4 is 0 Å². The second-order valence-corrected chi connectivity index (χ2v) is 3.73. The first-order chi connectivity index (χ1) is 8.81. The Hall–Kier alpha value is -2.54. The molecule has 2 heterocycles. The molecule has 0 bridgehead atoms. The molecule has 0 aliphatic heterocycles. The topological polar surface area (TPSA) is 66.6 Å². The molecule has 4 heteroatoms. The molecule has 0 radical (unpaired) electrons. The van der Waals surface area contributed by atoms with E-state index in [1.807, 2.05) is 24.3 Å². The van der Waals surface area contributed by atoms with E-state index in [1.165, 1.54) is 6.20 Å². The molecule has 88 valence electrons. The van der Waals surface area contributed by atoms with E-state index in [4.69, 9.17) is 5.26 Å². The van der Waals surface area contributed by atoms with Gasteiger partial charge in [-0.15, -0.1) is 0 Å². The SMILES string of the molecule is N#CCCC(=O)c1ccc(-c2ccccn2)nc1. The number of ketones is 1. The zero-order valence-electron chi connectivity index (χ0n) is 9.71. The van der Waals surface area contributed by atoms with Crippen LogP contribution in [0.2, 0.25) is 0 Å². The van der Waals surface area contributed by atoms with Crippen LogP contribution in [0.5, 0.6) is 0 Å². The van der Waals surface area contributed by atoms with Crippen LogP contribution in [-0.4, -0.2) is 15.8 Å². The highest BCUT2D eigenvalue weighted by atomic mass is 16.1. The zero-order chi connectivity index (χ0) is 12.8. The Balaban J connectivity index is 2.16. The van der Waals surface area contributed by atoms with Gasteiger partial charge < -0.3 is 0 Å². The number of hydrogen-bond donors (Lipinski definition) is 0. The molecule has 0 saturated carbocycles. The molecule has 0 N–H and O–H groups in total. The summed E-state index contributed by atoms with van der Waals surface area (Å²) in [5, 5.41) is 8.43. The van der Waals surface area contributed by atoms with E-state index < -0.39 is 0 Å². The summed E-state index contributed by atoms with van der Waals surface area (Å²) in [5.41, 5.74) is 2.03. The van der Waals surface area contributed by atoms with Gasteiger partial charge in [-0.25, -0.2) is 0 Å². The van der Waals surface area contributed by atoms with Gasteiger partial charge >= 0.3 is 0 Å². The smallest absolute Gasteiger partial charge is 0.165 e. The summed E-state index contributed by atoms with van der Waals surface area (Å²) in [4.78, 5) is 20.0. The summed E-state index contributed by atoms with van der Waals surface area (Å²) in [6.07, 6.45) is 3.70. The number of nitrogens with zero attached hydrogens (tertiary/aromatic N) is 3. The Morgan fingerprint density at radius 1 is 1.17 bits per heavy atom. The molecule has 18 heavy (non-hydrogen) atoms. The van der Waals surface area contributed by atoms with Crippen LogP contribution in [0, 0.1) is 11.3 Å². The van der Waals surface area contributed by atoms with Gasteiger partial charge in [0.2, 0.25) is 0 Å². The van der Waals surface area contributed by atoms with E-state index in [0.717, 1.165) is 11.4 Å². The molecule has 0 aliphatic carbocycles. The maximum Gasteiger partial charge on any atom is 0.165 e. The fourth-order valence-electron chi connectivity index (χ4n) is 1.54. The van der Waals surface area contributed by atoms with Crippen LogP contribution in [0.3, 0.4) is 0 Å². The molecule has 0 atom stereocenters. The molecule has 2 aromatic heterocycles. The lowest BCUT2D eigenvalue weighted by Crippen LogP contribution is -1.99. The van der Waals surface area contributed by atoms with Gasteiger partial charge in [-0.1, -0.05) is 6.07 Å². The first-order valence-corrected chi connectivity index (χ1v) is 5.59. The first kappa shape index (κ1) is 11.9. The minimum atomic E-state index is -0.0587. The number of carbonyl (C=O) groups excluding carboxylic acids is 1. The van der Waals surface area contributed by atoms with Crippen molar-refractivity contribution in [2.24, 2.45) is 0 Å². The second kappa shape index (κ2) is 5.69. The van der Waals surface area contributed by atoms with E-state index in [2.05, 4.69) is 9.97 Å². The van der Waals surface area contributed by atoms with Gasteiger partial charge in [0, 0.05) is 30.8 Å². The monoisotopic (exact) mass is 237 g/mol. The van der Waals surface area contributed by atoms with Crippen LogP contribution in [-0.2, 0) is 0 Å². The Kier molecular flexibility index (Phi) is 3.77. The normalized spacial score (nSPS) is 9.72. The minimum Gasteiger partial charge on any atom is -0.294 e. The number of carbonyl (C=O) groups is 1. The van der Waals surface area contributed by atoms with Crippen LogP contribution in [0.1, 0.15) is 23.2 Å². The number of aromatic nitrogens is 2. The van der Waals surface area contributed by atoms with Crippen molar-refractivity contribution in [3.8, 4) is 17.5 Å². The lowest BCUT2D eigenvalue weighted by Gasteiger charge is -2.01. The van der Waals surface area contributed by atoms with E-state index >= 15 is 0 Å². The van der Waals surface area contributed by atoms with E-state index in [-0.39, 0.29) is 18.6 Å². The van der Waals surface area contributed by atoms with Crippen molar-refractivity contribution < 1.29 is 4.79 Å². The Labute approximate surface area is 105 Å². The Bertz CT molecular complexity index is 570. The summed E-state index contributed by atoms with van der Waals surface area (Å²) in [6, 6.07) is 11.0. The quantitative estimate of drug-likeness (QED) is 0.766. The fraction of sp³-hybridized carbons (Fsp3) is 0.143. The molecule has 0 amide bonds. The van der Waals surface area contributed by atoms with Gasteiger partial charge in [-0.2, -0.15) is 5.26 Å². The first-order valence-electron chi connectivity index (χ1n) is 5.59. The van der Waals surface area contributed by atoms with Gasteiger partial charge in [0.25, 0.3) is 0 Å². The maximum absolute atomic E-state index is 11.6. The molecule has 2 aromatic rings. The molecule has 0 unspecified atom stereocenters. The third-order valence-corrected chi connectivity index (χ3v) is 2.48. The van der Waals surface area contributed by atoms with Gasteiger partial charge in [-0.3, -0.25) is 14.8 Å². The Morgan fingerprint density at radius 3 is 2.61 bits per heavy atom. The summed E-state index contributed by atoms with van der Waals surface area (Å²) >= 11 is 0. The van der Waals surface area contributed by atoms with Crippen molar-refractivity contribution in [3.05, 3.63) is 48.3 Å². The van der Waals surface area contributed by atoms with Crippen molar-refractivity contribution in [1.29, 1.82) is 5.26 Å². The van der Waals surface area contributed by atoms with Crippen molar-refractivity contribution in [2.75, 3.05) is 0 Å². The molecule has 0 fully saturated rings. The number of nitriles is 1. The largest absolute Gasteiger partial charge is 0.294 e. The van der Waals surface area contributed by atoms with E-state index in [9.17, 15) is 4.79 Å². The van der Waals surface area contributed by atoms with Gasteiger partial charge in [-0.05, 0) is 24.3 Å². The minimum absolute atomic E-state index is 0.0587. The van der Waals surface area contributed by atoms with Crippen LogP contribution in [0.4, 0.5) is 0 Å². The summed E-state index contributed by atoms with van der Waals surface area (Å²) in [7, 11) is 0. The molecule has 0 aromatic carbocycles. The van der Waals surface area contributed by atoms with Crippen molar-refractivity contribution in [2.45, 2.75) is 12.8 Å². The number of Topliss-reactive ketones (excluding diaryl/α,β-unsaturated/α-hetero) is 1. The number of hydrogen-bond acceptors (Lipinski definition) is 4. The zero-order valence-corrected chi connectivity index (χ0v) is 9.71. The molecular weight excluding hydrogens is 226 g/mol. The van der Waals surface area contributed by atoms with Gasteiger partial charge in [0.1, 0.15) is 0 Å². The highest BCUT2D eigenvalue weighted by Crippen LogP contribution is 2.14. The molecule has 0 aliphatic rings. The average molecular weight is 237 g/mol. The second-order valence-electron chi connectivity index (χ2n) is 3.73. The standard InChI is InChI=1S/C14H11N3O/c15-8-3-5-14(18)11-6-7-13(17-10-11)12-4-1-2-9-16-12/h1-2,4,6-7,9-10H,3,5H2. The van der Waals surface area contributed by atoms with E-state index in [0.29, 0.717) is 5.56 Å². The summed E-state index contributed by atoms with van der Waals surface area (Å²) in [5.74, 6) is -0.0587. The predicted molar refractivity (Wildman–Crippen MR) is 66.6 cm³/mol. The van der Waals surface area contributed by atoms with Crippen molar-refractivity contribution in [3.63, 3.8) is 0 Å². The fourth-order valence-corrected chi connectivity index (χ4v) is 1.54. The Morgan fingerprint density at radius 2 is 2.00 bits per heavy atom. The lowest BCUT2D eigenvalue weighted by molar-refractivity contribution is 0.0984. The van der Waals surface area contributed by atoms with Crippen molar-refractivity contribution in [1.82, 2.24) is 9.97 Å². The molecule has 0 spiro atoms. The molecule has 2 rings (SSSR count). The van der Waals surface area contributed by atoms with E-state index in [1.54, 1.807) is 18.3 Å². The molecule has 0 saturated heterocycles. The van der Waals surface area contributed by atoms with Gasteiger partial charge in [0.05, 0.1) is 17.5 Å². The van der Waals surface area contributed by atoms with Crippen LogP contribution in [0.15, 0.2) is 42.7 Å². The average Bonchev–Trinajstić information content (AvgIpc) is 2.46. The lowest BCUT2D eigenvalue weighted by atomic mass is 10.1. The highest BCUT2D eigenvalue weighted by Gasteiger charge is 2.06. The third kappa shape index (κ3) is 2.77. The number of rotatable bonds is 4. The predicted octanol–water partition coefficient (Wildman–Crippen LogP) is 2.63. The third-order valence-electron chi connectivity index (χ3n) is 2.48. The maximum atomic E-state index is 11.6. The molecular formula is C14H11N3O. The van der Waals surface area contributed by atoms with Crippen LogP contribution in [0.25, 0.3) is 11.4 Å². The highest BCUT2D eigenvalue weighted by molar-refractivity contribution is 5.96. The molecule has 4 nitrogen and oxygen atoms in total.